The van der Waals surface area contributed by atoms with E-state index in [4.69, 9.17) is 12.2 Å². The van der Waals surface area contributed by atoms with E-state index in [0.29, 0.717) is 18.2 Å². The van der Waals surface area contributed by atoms with E-state index in [2.05, 4.69) is 22.9 Å². The van der Waals surface area contributed by atoms with E-state index in [0.717, 1.165) is 17.8 Å². The van der Waals surface area contributed by atoms with Gasteiger partial charge in [0.2, 0.25) is 11.8 Å². The first-order chi connectivity index (χ1) is 13.6. The van der Waals surface area contributed by atoms with Crippen molar-refractivity contribution in [2.75, 3.05) is 23.7 Å². The molecule has 1 aliphatic heterocycles. The monoisotopic (exact) mass is 396 g/mol. The van der Waals surface area contributed by atoms with Crippen molar-refractivity contribution in [3.05, 3.63) is 60.2 Å². The summed E-state index contributed by atoms with van der Waals surface area (Å²) in [6.07, 6.45) is 0.968. The van der Waals surface area contributed by atoms with Gasteiger partial charge in [0.25, 0.3) is 0 Å². The van der Waals surface area contributed by atoms with Crippen LogP contribution in [0.4, 0.5) is 11.4 Å². The lowest BCUT2D eigenvalue weighted by atomic mass is 10.1. The number of hydrogen-bond donors (Lipinski definition) is 3. The lowest BCUT2D eigenvalue weighted by Gasteiger charge is -2.36. The summed E-state index contributed by atoms with van der Waals surface area (Å²) in [6, 6.07) is 16.6. The third kappa shape index (κ3) is 5.07. The number of benzene rings is 2. The maximum Gasteiger partial charge on any atom is 0.243 e. The van der Waals surface area contributed by atoms with E-state index in [9.17, 15) is 9.59 Å². The topological polar surface area (TPSA) is 73.5 Å². The van der Waals surface area contributed by atoms with E-state index in [1.165, 1.54) is 5.56 Å². The number of thiocarbonyl (C=S) groups is 1. The molecule has 0 aliphatic carbocycles. The van der Waals surface area contributed by atoms with Crippen LogP contribution in [0.5, 0.6) is 0 Å². The Hall–Kier alpha value is -2.93. The van der Waals surface area contributed by atoms with Gasteiger partial charge in [-0.25, -0.2) is 0 Å². The third-order valence-corrected chi connectivity index (χ3v) is 4.98. The number of nitrogens with one attached hydrogen (secondary N) is 3. The first kappa shape index (κ1) is 19.8. The molecule has 7 heteroatoms. The third-order valence-electron chi connectivity index (χ3n) is 4.64. The Morgan fingerprint density at radius 3 is 2.46 bits per heavy atom. The van der Waals surface area contributed by atoms with Crippen molar-refractivity contribution in [2.45, 2.75) is 25.8 Å². The van der Waals surface area contributed by atoms with E-state index in [-0.39, 0.29) is 18.2 Å². The number of carbonyl (C=O) groups is 2. The molecule has 1 saturated heterocycles. The second-order valence-corrected chi connectivity index (χ2v) is 6.99. The molecule has 2 aromatic carbocycles. The van der Waals surface area contributed by atoms with Crippen LogP contribution in [0.1, 0.15) is 18.9 Å². The van der Waals surface area contributed by atoms with Crippen LogP contribution in [0, 0.1) is 0 Å². The zero-order valence-electron chi connectivity index (χ0n) is 15.8. The van der Waals surface area contributed by atoms with Gasteiger partial charge in [-0.3, -0.25) is 9.59 Å². The average molecular weight is 397 g/mol. The summed E-state index contributed by atoms with van der Waals surface area (Å²) < 4.78 is 0. The minimum atomic E-state index is -0.646. The Labute approximate surface area is 170 Å². The molecule has 28 heavy (non-hydrogen) atoms. The quantitative estimate of drug-likeness (QED) is 0.678. The number of aryl methyl sites for hydroxylation is 1. The zero-order valence-corrected chi connectivity index (χ0v) is 16.6. The smallest absolute Gasteiger partial charge is 0.243 e. The number of amides is 2. The minimum Gasteiger partial charge on any atom is -0.353 e. The van der Waals surface area contributed by atoms with Gasteiger partial charge in [-0.15, -0.1) is 0 Å². The molecule has 1 atom stereocenters. The summed E-state index contributed by atoms with van der Waals surface area (Å²) in [6.45, 7) is 3.12. The highest BCUT2D eigenvalue weighted by molar-refractivity contribution is 7.80. The molecule has 3 N–H and O–H groups in total. The van der Waals surface area contributed by atoms with Crippen molar-refractivity contribution in [1.29, 1.82) is 0 Å². The predicted molar refractivity (Wildman–Crippen MR) is 115 cm³/mol. The van der Waals surface area contributed by atoms with Crippen LogP contribution < -0.4 is 16.0 Å². The van der Waals surface area contributed by atoms with Gasteiger partial charge >= 0.3 is 0 Å². The predicted octanol–water partition coefficient (Wildman–Crippen LogP) is 2.78. The van der Waals surface area contributed by atoms with Crippen LogP contribution >= 0.6 is 12.2 Å². The molecular weight excluding hydrogens is 372 g/mol. The molecule has 0 saturated carbocycles. The molecule has 1 heterocycles. The van der Waals surface area contributed by atoms with Crippen molar-refractivity contribution in [3.63, 3.8) is 0 Å². The molecule has 0 unspecified atom stereocenters. The fourth-order valence-electron chi connectivity index (χ4n) is 3.09. The first-order valence-corrected chi connectivity index (χ1v) is 9.77. The van der Waals surface area contributed by atoms with Gasteiger partial charge in [0.15, 0.2) is 5.11 Å². The van der Waals surface area contributed by atoms with Crippen LogP contribution in [0.3, 0.4) is 0 Å². The zero-order chi connectivity index (χ0) is 19.9. The van der Waals surface area contributed by atoms with Crippen molar-refractivity contribution in [2.24, 2.45) is 0 Å². The molecule has 3 rings (SSSR count). The Morgan fingerprint density at radius 2 is 1.79 bits per heavy atom. The van der Waals surface area contributed by atoms with Gasteiger partial charge in [0, 0.05) is 24.5 Å². The van der Waals surface area contributed by atoms with E-state index in [1.807, 2.05) is 54.6 Å². The summed E-state index contributed by atoms with van der Waals surface area (Å²) in [5.41, 5.74) is 2.76. The number of nitrogens with zero attached hydrogens (tertiary/aromatic N) is 1. The Balaban J connectivity index is 1.65. The fraction of sp³-hybridized carbons (Fsp3) is 0.286. The highest BCUT2D eigenvalue weighted by Gasteiger charge is 2.33. The molecular formula is C21H24N4O2S. The number of anilines is 2. The van der Waals surface area contributed by atoms with E-state index >= 15 is 0 Å². The van der Waals surface area contributed by atoms with Crippen LogP contribution in [-0.4, -0.2) is 41.0 Å². The lowest BCUT2D eigenvalue weighted by molar-refractivity contribution is -0.130. The van der Waals surface area contributed by atoms with Gasteiger partial charge in [-0.05, 0) is 48.5 Å². The maximum absolute atomic E-state index is 12.5. The Kier molecular flexibility index (Phi) is 6.60. The van der Waals surface area contributed by atoms with Crippen molar-refractivity contribution < 1.29 is 9.59 Å². The molecule has 146 valence electrons. The second kappa shape index (κ2) is 9.32. The molecule has 6 nitrogen and oxygen atoms in total. The first-order valence-electron chi connectivity index (χ1n) is 9.36. The molecule has 1 fully saturated rings. The SMILES string of the molecule is CCc1ccc(NC(=O)C[C@H]2C(=O)NCCN2C(=S)Nc2ccccc2)cc1. The summed E-state index contributed by atoms with van der Waals surface area (Å²) in [5.74, 6) is -0.418. The summed E-state index contributed by atoms with van der Waals surface area (Å²) >= 11 is 5.50. The van der Waals surface area contributed by atoms with Gasteiger partial charge in [-0.1, -0.05) is 37.3 Å². The van der Waals surface area contributed by atoms with E-state index < -0.39 is 6.04 Å². The second-order valence-electron chi connectivity index (χ2n) is 6.60. The summed E-state index contributed by atoms with van der Waals surface area (Å²) in [4.78, 5) is 26.7. The van der Waals surface area contributed by atoms with E-state index in [1.54, 1.807) is 4.90 Å². The van der Waals surface area contributed by atoms with Gasteiger partial charge in [-0.2, -0.15) is 0 Å². The number of hydrogen-bond acceptors (Lipinski definition) is 3. The highest BCUT2D eigenvalue weighted by atomic mass is 32.1. The summed E-state index contributed by atoms with van der Waals surface area (Å²) in [7, 11) is 0. The van der Waals surface area contributed by atoms with Gasteiger partial charge < -0.3 is 20.9 Å². The minimum absolute atomic E-state index is 0.0258. The fourth-order valence-corrected chi connectivity index (χ4v) is 3.43. The maximum atomic E-state index is 12.5. The molecule has 2 amide bonds. The number of piperazine rings is 1. The number of carbonyl (C=O) groups excluding carboxylic acids is 2. The van der Waals surface area contributed by atoms with Crippen molar-refractivity contribution in [3.8, 4) is 0 Å². The summed E-state index contributed by atoms with van der Waals surface area (Å²) in [5, 5.41) is 9.26. The largest absolute Gasteiger partial charge is 0.353 e. The van der Waals surface area contributed by atoms with Gasteiger partial charge in [0.05, 0.1) is 6.42 Å². The van der Waals surface area contributed by atoms with Crippen LogP contribution in [0.15, 0.2) is 54.6 Å². The lowest BCUT2D eigenvalue weighted by Crippen LogP contribution is -2.58. The molecule has 0 aromatic heterocycles. The molecule has 0 radical (unpaired) electrons. The van der Waals surface area contributed by atoms with Crippen LogP contribution in [0.25, 0.3) is 0 Å². The molecule has 0 bridgehead atoms. The van der Waals surface area contributed by atoms with Crippen LogP contribution in [0.2, 0.25) is 0 Å². The normalized spacial score (nSPS) is 16.2. The Morgan fingerprint density at radius 1 is 1.11 bits per heavy atom. The average Bonchev–Trinajstić information content (AvgIpc) is 2.70. The Bertz CT molecular complexity index is 839. The van der Waals surface area contributed by atoms with Crippen molar-refractivity contribution in [1.82, 2.24) is 10.2 Å². The molecule has 0 spiro atoms. The highest BCUT2D eigenvalue weighted by Crippen LogP contribution is 2.15. The van der Waals surface area contributed by atoms with Crippen molar-refractivity contribution >= 4 is 40.5 Å². The number of para-hydroxylation sites is 1. The number of rotatable bonds is 5. The molecule has 1 aliphatic rings. The van der Waals surface area contributed by atoms with Gasteiger partial charge in [0.1, 0.15) is 6.04 Å². The standard InChI is InChI=1S/C21H24N4O2S/c1-2-15-8-10-17(11-9-15)23-19(26)14-18-20(27)22-12-13-25(18)21(28)24-16-6-4-3-5-7-16/h3-11,18H,2,12-14H2,1H3,(H,22,27)(H,23,26)(H,24,28)/t18-/m0/s1. The molecule has 2 aromatic rings. The van der Waals surface area contributed by atoms with Crippen LogP contribution in [-0.2, 0) is 16.0 Å².